The average molecular weight is 423 g/mol. The van der Waals surface area contributed by atoms with Crippen LogP contribution in [0.15, 0.2) is 18.2 Å². The summed E-state index contributed by atoms with van der Waals surface area (Å²) in [5.74, 6) is 0. The summed E-state index contributed by atoms with van der Waals surface area (Å²) in [6.07, 6.45) is 1.96. The van der Waals surface area contributed by atoms with Crippen molar-refractivity contribution >= 4 is 25.4 Å². The molecule has 0 spiro atoms. The van der Waals surface area contributed by atoms with Gasteiger partial charge >= 0.3 is 0 Å². The first-order chi connectivity index (χ1) is 13.5. The van der Waals surface area contributed by atoms with E-state index in [2.05, 4.69) is 56.0 Å². The molecule has 0 radical (unpaired) electrons. The number of rotatable bonds is 9. The van der Waals surface area contributed by atoms with Gasteiger partial charge in [0.25, 0.3) is 5.69 Å². The molecule has 1 aromatic rings. The fourth-order valence-electron chi connectivity index (χ4n) is 3.10. The maximum atomic E-state index is 11.2. The number of unbranched alkanes of at least 4 members (excludes halogenated alkanes) is 1. The van der Waals surface area contributed by atoms with Gasteiger partial charge < -0.3 is 19.5 Å². The zero-order valence-electron chi connectivity index (χ0n) is 19.0. The molecule has 0 atom stereocenters. The molecule has 29 heavy (non-hydrogen) atoms. The van der Waals surface area contributed by atoms with Crippen LogP contribution in [0, 0.1) is 10.1 Å². The summed E-state index contributed by atoms with van der Waals surface area (Å²) in [6.45, 7) is 16.7. The van der Waals surface area contributed by atoms with Gasteiger partial charge in [-0.05, 0) is 44.1 Å². The Balaban J connectivity index is 1.91. The molecule has 0 aliphatic carbocycles. The van der Waals surface area contributed by atoms with E-state index in [-0.39, 0.29) is 15.6 Å². The SMILES string of the molecule is CN1CCN(c2ccc([N+](=O)[O-])cc2NCCCCO[Si](C)(C)C(C)(C)C)CC1. The Morgan fingerprint density at radius 2 is 1.83 bits per heavy atom. The summed E-state index contributed by atoms with van der Waals surface area (Å²) >= 11 is 0. The van der Waals surface area contributed by atoms with Crippen molar-refractivity contribution in [2.45, 2.75) is 51.7 Å². The predicted octanol–water partition coefficient (Wildman–Crippen LogP) is 4.56. The lowest BCUT2D eigenvalue weighted by Gasteiger charge is -2.36. The molecule has 7 nitrogen and oxygen atoms in total. The van der Waals surface area contributed by atoms with Crippen molar-refractivity contribution in [3.05, 3.63) is 28.3 Å². The van der Waals surface area contributed by atoms with Crippen molar-refractivity contribution in [1.29, 1.82) is 0 Å². The molecule has 8 heteroatoms. The number of nitrogens with zero attached hydrogens (tertiary/aromatic N) is 3. The topological polar surface area (TPSA) is 70.9 Å². The number of hydrogen-bond donors (Lipinski definition) is 1. The average Bonchev–Trinajstić information content (AvgIpc) is 2.64. The van der Waals surface area contributed by atoms with Crippen LogP contribution in [0.1, 0.15) is 33.6 Å². The van der Waals surface area contributed by atoms with E-state index >= 15 is 0 Å². The number of nitrogens with one attached hydrogen (secondary N) is 1. The number of nitro groups is 1. The van der Waals surface area contributed by atoms with Crippen molar-refractivity contribution < 1.29 is 9.35 Å². The molecule has 0 saturated carbocycles. The second kappa shape index (κ2) is 9.91. The first-order valence-corrected chi connectivity index (χ1v) is 13.5. The van der Waals surface area contributed by atoms with Crippen LogP contribution in [0.4, 0.5) is 17.1 Å². The lowest BCUT2D eigenvalue weighted by Crippen LogP contribution is -2.44. The van der Waals surface area contributed by atoms with Gasteiger partial charge in [0, 0.05) is 51.5 Å². The predicted molar refractivity (Wildman–Crippen MR) is 124 cm³/mol. The standard InChI is InChI=1S/C21H38N4O3Si/c1-21(2,3)29(5,6)28-16-8-7-11-22-19-17-18(25(26)27)9-10-20(19)24-14-12-23(4)13-15-24/h9-10,17,22H,7-8,11-16H2,1-6H3. The first-order valence-electron chi connectivity index (χ1n) is 10.6. The smallest absolute Gasteiger partial charge is 0.271 e. The van der Waals surface area contributed by atoms with E-state index in [9.17, 15) is 10.1 Å². The number of nitro benzene ring substituents is 1. The van der Waals surface area contributed by atoms with Gasteiger partial charge in [0.05, 0.1) is 16.3 Å². The molecule has 1 saturated heterocycles. The van der Waals surface area contributed by atoms with E-state index in [1.807, 2.05) is 6.07 Å². The molecule has 0 aromatic heterocycles. The van der Waals surface area contributed by atoms with Crippen LogP contribution in [0.25, 0.3) is 0 Å². The highest BCUT2D eigenvalue weighted by molar-refractivity contribution is 6.74. The summed E-state index contributed by atoms with van der Waals surface area (Å²) in [5, 5.41) is 14.9. The van der Waals surface area contributed by atoms with Crippen LogP contribution >= 0.6 is 0 Å². The lowest BCUT2D eigenvalue weighted by molar-refractivity contribution is -0.384. The van der Waals surface area contributed by atoms with Crippen LogP contribution < -0.4 is 10.2 Å². The van der Waals surface area contributed by atoms with Crippen LogP contribution in [0.5, 0.6) is 0 Å². The largest absolute Gasteiger partial charge is 0.417 e. The molecule has 0 amide bonds. The van der Waals surface area contributed by atoms with E-state index in [1.54, 1.807) is 12.1 Å². The number of benzene rings is 1. The van der Waals surface area contributed by atoms with Gasteiger partial charge in [-0.25, -0.2) is 0 Å². The number of anilines is 2. The lowest BCUT2D eigenvalue weighted by atomic mass is 10.2. The third kappa shape index (κ3) is 6.69. The third-order valence-corrected chi connectivity index (χ3v) is 10.7. The summed E-state index contributed by atoms with van der Waals surface area (Å²) in [6, 6.07) is 5.15. The Morgan fingerprint density at radius 3 is 2.41 bits per heavy atom. The minimum Gasteiger partial charge on any atom is -0.417 e. The number of non-ortho nitro benzene ring substituents is 1. The Morgan fingerprint density at radius 1 is 1.17 bits per heavy atom. The summed E-state index contributed by atoms with van der Waals surface area (Å²) in [7, 11) is 0.431. The van der Waals surface area contributed by atoms with Crippen molar-refractivity contribution in [3.63, 3.8) is 0 Å². The van der Waals surface area contributed by atoms with Crippen LogP contribution in [-0.2, 0) is 4.43 Å². The summed E-state index contributed by atoms with van der Waals surface area (Å²) < 4.78 is 6.23. The van der Waals surface area contributed by atoms with E-state index in [0.717, 1.165) is 63.5 Å². The molecule has 1 fully saturated rings. The highest BCUT2D eigenvalue weighted by Gasteiger charge is 2.36. The van der Waals surface area contributed by atoms with Crippen molar-refractivity contribution in [2.75, 3.05) is 56.6 Å². The number of piperazine rings is 1. The Labute approximate surface area is 176 Å². The van der Waals surface area contributed by atoms with E-state index in [0.29, 0.717) is 0 Å². The van der Waals surface area contributed by atoms with Gasteiger partial charge in [0.15, 0.2) is 8.32 Å². The molecule has 1 N–H and O–H groups in total. The normalized spacial score (nSPS) is 16.1. The summed E-state index contributed by atoms with van der Waals surface area (Å²) in [4.78, 5) is 15.5. The quantitative estimate of drug-likeness (QED) is 0.272. The Kier molecular flexibility index (Phi) is 8.07. The number of hydrogen-bond acceptors (Lipinski definition) is 6. The highest BCUT2D eigenvalue weighted by Crippen LogP contribution is 2.36. The molecule has 1 aliphatic rings. The second-order valence-corrected chi connectivity index (χ2v) is 14.3. The minimum absolute atomic E-state index is 0.131. The van der Waals surface area contributed by atoms with E-state index < -0.39 is 8.32 Å². The Hall–Kier alpha value is -1.64. The van der Waals surface area contributed by atoms with Gasteiger partial charge in [-0.3, -0.25) is 10.1 Å². The molecule has 1 aromatic carbocycles. The van der Waals surface area contributed by atoms with Crippen LogP contribution in [0.2, 0.25) is 18.1 Å². The molecular formula is C21H38N4O3Si. The second-order valence-electron chi connectivity index (χ2n) is 9.49. The maximum absolute atomic E-state index is 11.2. The van der Waals surface area contributed by atoms with E-state index in [4.69, 9.17) is 4.43 Å². The number of likely N-dealkylation sites (N-methyl/N-ethyl adjacent to an activating group) is 1. The zero-order valence-corrected chi connectivity index (χ0v) is 20.0. The molecular weight excluding hydrogens is 384 g/mol. The van der Waals surface area contributed by atoms with Crippen molar-refractivity contribution in [2.24, 2.45) is 0 Å². The third-order valence-electron chi connectivity index (χ3n) is 6.19. The van der Waals surface area contributed by atoms with Crippen molar-refractivity contribution in [1.82, 2.24) is 4.90 Å². The Bertz CT molecular complexity index is 683. The minimum atomic E-state index is -1.69. The summed E-state index contributed by atoms with van der Waals surface area (Å²) in [5.41, 5.74) is 2.04. The van der Waals surface area contributed by atoms with Crippen LogP contribution in [0.3, 0.4) is 0 Å². The molecule has 1 aliphatic heterocycles. The zero-order chi connectivity index (χ0) is 21.7. The van der Waals surface area contributed by atoms with Gasteiger partial charge in [0.2, 0.25) is 0 Å². The van der Waals surface area contributed by atoms with Crippen molar-refractivity contribution in [3.8, 4) is 0 Å². The molecule has 1 heterocycles. The van der Waals surface area contributed by atoms with Gasteiger partial charge in [-0.15, -0.1) is 0 Å². The van der Waals surface area contributed by atoms with E-state index in [1.165, 1.54) is 0 Å². The monoisotopic (exact) mass is 422 g/mol. The first kappa shape index (κ1) is 23.6. The fourth-order valence-corrected chi connectivity index (χ4v) is 4.18. The van der Waals surface area contributed by atoms with Gasteiger partial charge in [-0.1, -0.05) is 20.8 Å². The van der Waals surface area contributed by atoms with Gasteiger partial charge in [0.1, 0.15) is 0 Å². The van der Waals surface area contributed by atoms with Gasteiger partial charge in [-0.2, -0.15) is 0 Å². The fraction of sp³-hybridized carbons (Fsp3) is 0.714. The highest BCUT2D eigenvalue weighted by atomic mass is 28.4. The van der Waals surface area contributed by atoms with Crippen LogP contribution in [-0.4, -0.2) is 64.5 Å². The molecule has 0 unspecified atom stereocenters. The maximum Gasteiger partial charge on any atom is 0.271 e. The molecule has 164 valence electrons. The molecule has 2 rings (SSSR count). The molecule has 0 bridgehead atoms.